The van der Waals surface area contributed by atoms with Crippen molar-refractivity contribution in [3.63, 3.8) is 0 Å². The van der Waals surface area contributed by atoms with Gasteiger partial charge in [0.25, 0.3) is 0 Å². The van der Waals surface area contributed by atoms with E-state index in [0.717, 1.165) is 12.7 Å². The van der Waals surface area contributed by atoms with Gasteiger partial charge in [0.05, 0.1) is 13.5 Å². The predicted octanol–water partition coefficient (Wildman–Crippen LogP) is 1.33. The van der Waals surface area contributed by atoms with E-state index in [0.29, 0.717) is 18.5 Å². The molecule has 32 heavy (non-hydrogen) atoms. The van der Waals surface area contributed by atoms with Crippen molar-refractivity contribution in [2.45, 2.75) is 25.3 Å². The Morgan fingerprint density at radius 3 is 2.41 bits per heavy atom. The summed E-state index contributed by atoms with van der Waals surface area (Å²) in [5.74, 6) is -3.16. The Morgan fingerprint density at radius 2 is 1.81 bits per heavy atom. The van der Waals surface area contributed by atoms with E-state index in [9.17, 15) is 24.3 Å². The smallest absolute Gasteiger partial charge is 0.396 e. The minimum atomic E-state index is -1.14. The van der Waals surface area contributed by atoms with Crippen LogP contribution in [0.5, 0.6) is 5.75 Å². The first-order chi connectivity index (χ1) is 15.3. The number of carbonyl (C=O) groups is 4. The van der Waals surface area contributed by atoms with Crippen molar-refractivity contribution in [1.82, 2.24) is 10.6 Å². The van der Waals surface area contributed by atoms with Crippen LogP contribution in [0.25, 0.3) is 0 Å². The van der Waals surface area contributed by atoms with Crippen LogP contribution in [0.4, 0.5) is 0 Å². The first-order valence-electron chi connectivity index (χ1n) is 9.82. The zero-order chi connectivity index (χ0) is 23.9. The molecule has 1 aromatic rings. The minimum absolute atomic E-state index is 0.0507. The second-order valence-electron chi connectivity index (χ2n) is 6.68. The zero-order valence-corrected chi connectivity index (χ0v) is 18.0. The van der Waals surface area contributed by atoms with E-state index in [4.69, 9.17) is 4.74 Å². The van der Waals surface area contributed by atoms with Gasteiger partial charge in [-0.25, -0.2) is 4.79 Å². The summed E-state index contributed by atoms with van der Waals surface area (Å²) in [6.45, 7) is 7.41. The molecule has 0 aromatic heterocycles. The average molecular weight is 444 g/mol. The first kappa shape index (κ1) is 26.2. The van der Waals surface area contributed by atoms with Crippen LogP contribution in [0.1, 0.15) is 18.4 Å². The lowest BCUT2D eigenvalue weighted by molar-refractivity contribution is -0.153. The molecule has 2 amide bonds. The molecule has 3 N–H and O–H groups in total. The summed E-state index contributed by atoms with van der Waals surface area (Å²) < 4.78 is 9.48. The third-order valence-corrected chi connectivity index (χ3v) is 4.22. The third-order valence-electron chi connectivity index (χ3n) is 4.22. The van der Waals surface area contributed by atoms with Crippen LogP contribution in [-0.2, 0) is 35.1 Å². The first-order valence-corrected chi connectivity index (χ1v) is 9.82. The van der Waals surface area contributed by atoms with Crippen LogP contribution in [0.2, 0.25) is 0 Å². The monoisotopic (exact) mass is 444 g/mol. The SMILES string of the molecule is C=C/C=C(\C=C)COC(=O)CC(CC(=O)NCCc1ccc(O)cc1)NC(=O)C(=O)OC. The Balaban J connectivity index is 2.64. The lowest BCUT2D eigenvalue weighted by Gasteiger charge is -2.17. The number of hydrogen-bond acceptors (Lipinski definition) is 7. The van der Waals surface area contributed by atoms with Gasteiger partial charge in [-0.2, -0.15) is 0 Å². The van der Waals surface area contributed by atoms with Gasteiger partial charge in [-0.1, -0.05) is 43.5 Å². The molecule has 0 heterocycles. The largest absolute Gasteiger partial charge is 0.508 e. The lowest BCUT2D eigenvalue weighted by Crippen LogP contribution is -2.44. The topological polar surface area (TPSA) is 131 Å². The summed E-state index contributed by atoms with van der Waals surface area (Å²) in [6, 6.07) is 5.58. The molecule has 1 atom stereocenters. The predicted molar refractivity (Wildman–Crippen MR) is 117 cm³/mol. The van der Waals surface area contributed by atoms with E-state index in [2.05, 4.69) is 28.5 Å². The molecule has 0 spiro atoms. The van der Waals surface area contributed by atoms with Gasteiger partial charge in [0, 0.05) is 19.0 Å². The van der Waals surface area contributed by atoms with Crippen LogP contribution in [-0.4, -0.2) is 55.2 Å². The second kappa shape index (κ2) is 14.2. The van der Waals surface area contributed by atoms with Crippen LogP contribution < -0.4 is 10.6 Å². The van der Waals surface area contributed by atoms with E-state index >= 15 is 0 Å². The van der Waals surface area contributed by atoms with Crippen LogP contribution >= 0.6 is 0 Å². The highest BCUT2D eigenvalue weighted by molar-refractivity contribution is 6.32. The van der Waals surface area contributed by atoms with Gasteiger partial charge in [0.2, 0.25) is 5.91 Å². The molecule has 172 valence electrons. The zero-order valence-electron chi connectivity index (χ0n) is 18.0. The number of rotatable bonds is 12. The number of benzene rings is 1. The fraction of sp³-hybridized carbons (Fsp3) is 0.304. The fourth-order valence-corrected chi connectivity index (χ4v) is 2.57. The molecule has 0 aliphatic carbocycles. The Morgan fingerprint density at radius 1 is 1.12 bits per heavy atom. The number of aromatic hydroxyl groups is 1. The summed E-state index contributed by atoms with van der Waals surface area (Å²) in [7, 11) is 1.05. The van der Waals surface area contributed by atoms with E-state index in [1.165, 1.54) is 12.2 Å². The summed E-state index contributed by atoms with van der Waals surface area (Å²) >= 11 is 0. The molecule has 0 bridgehead atoms. The number of nitrogens with one attached hydrogen (secondary N) is 2. The summed E-state index contributed by atoms with van der Waals surface area (Å²) in [5.41, 5.74) is 1.53. The van der Waals surface area contributed by atoms with E-state index in [-0.39, 0.29) is 25.2 Å². The van der Waals surface area contributed by atoms with Crippen molar-refractivity contribution in [2.75, 3.05) is 20.3 Å². The standard InChI is InChI=1S/C23H28N2O7/c1-4-6-16(5-2)15-32-21(28)14-18(25-22(29)23(30)31-3)13-20(27)24-12-11-17-7-9-19(26)10-8-17/h4-10,18,26H,1-2,11-15H2,3H3,(H,24,27)(H,25,29)/b16-6+. The van der Waals surface area contributed by atoms with Gasteiger partial charge in [-0.15, -0.1) is 0 Å². The molecule has 0 fully saturated rings. The molecule has 0 radical (unpaired) electrons. The normalized spacial score (nSPS) is 11.6. The van der Waals surface area contributed by atoms with Crippen molar-refractivity contribution >= 4 is 23.8 Å². The van der Waals surface area contributed by atoms with E-state index in [1.807, 2.05) is 0 Å². The molecular formula is C23H28N2O7. The van der Waals surface area contributed by atoms with Crippen LogP contribution in [0, 0.1) is 0 Å². The number of hydrogen-bond donors (Lipinski definition) is 3. The highest BCUT2D eigenvalue weighted by atomic mass is 16.5. The minimum Gasteiger partial charge on any atom is -0.508 e. The van der Waals surface area contributed by atoms with Crippen LogP contribution in [0.3, 0.4) is 0 Å². The maximum atomic E-state index is 12.3. The Labute approximate surface area is 186 Å². The maximum absolute atomic E-state index is 12.3. The molecule has 0 saturated heterocycles. The number of amides is 2. The molecule has 0 saturated carbocycles. The molecule has 1 aromatic carbocycles. The van der Waals surface area contributed by atoms with Gasteiger partial charge in [0.1, 0.15) is 12.4 Å². The molecule has 1 unspecified atom stereocenters. The Kier molecular flexibility index (Phi) is 11.6. The van der Waals surface area contributed by atoms with Gasteiger partial charge >= 0.3 is 17.8 Å². The van der Waals surface area contributed by atoms with Crippen molar-refractivity contribution in [3.8, 4) is 5.75 Å². The Hall–Kier alpha value is -3.88. The number of carbonyl (C=O) groups excluding carboxylic acids is 4. The molecule has 0 aliphatic rings. The van der Waals surface area contributed by atoms with Gasteiger partial charge in [-0.05, 0) is 29.7 Å². The summed E-state index contributed by atoms with van der Waals surface area (Å²) in [4.78, 5) is 47.7. The highest BCUT2D eigenvalue weighted by Gasteiger charge is 2.24. The Bertz CT molecular complexity index is 860. The average Bonchev–Trinajstić information content (AvgIpc) is 2.77. The van der Waals surface area contributed by atoms with Crippen LogP contribution in [0.15, 0.2) is 61.2 Å². The number of phenolic OH excluding ortho intramolecular Hbond substituents is 1. The quantitative estimate of drug-likeness (QED) is 0.252. The van der Waals surface area contributed by atoms with Crippen molar-refractivity contribution in [3.05, 3.63) is 66.8 Å². The molecule has 0 aliphatic heterocycles. The summed E-state index contributed by atoms with van der Waals surface area (Å²) in [6.07, 6.45) is 4.60. The number of methoxy groups -OCH3 is 1. The van der Waals surface area contributed by atoms with E-state index < -0.39 is 29.8 Å². The van der Waals surface area contributed by atoms with Crippen molar-refractivity contribution < 1.29 is 33.8 Å². The molecule has 9 nitrogen and oxygen atoms in total. The van der Waals surface area contributed by atoms with Gasteiger partial charge in [-0.3, -0.25) is 14.4 Å². The number of ether oxygens (including phenoxy) is 2. The second-order valence-corrected chi connectivity index (χ2v) is 6.68. The lowest BCUT2D eigenvalue weighted by atomic mass is 10.1. The fourth-order valence-electron chi connectivity index (χ4n) is 2.57. The third kappa shape index (κ3) is 10.2. The summed E-state index contributed by atoms with van der Waals surface area (Å²) in [5, 5.41) is 14.3. The molecule has 9 heteroatoms. The van der Waals surface area contributed by atoms with Crippen molar-refractivity contribution in [1.29, 1.82) is 0 Å². The highest BCUT2D eigenvalue weighted by Crippen LogP contribution is 2.10. The van der Waals surface area contributed by atoms with Gasteiger partial charge in [0.15, 0.2) is 0 Å². The van der Waals surface area contributed by atoms with Crippen molar-refractivity contribution in [2.24, 2.45) is 0 Å². The molecular weight excluding hydrogens is 416 g/mol. The van der Waals surface area contributed by atoms with Gasteiger partial charge < -0.3 is 25.2 Å². The maximum Gasteiger partial charge on any atom is 0.396 e. The molecule has 1 rings (SSSR count). The number of phenols is 1. The number of allylic oxidation sites excluding steroid dienone is 2. The number of esters is 2. The van der Waals surface area contributed by atoms with E-state index in [1.54, 1.807) is 30.3 Å².